The molecule has 0 saturated heterocycles. The molecule has 0 aliphatic carbocycles. The van der Waals surface area contributed by atoms with Crippen LogP contribution in [0.15, 0.2) is 0 Å². The molecule has 0 fully saturated rings. The van der Waals surface area contributed by atoms with Crippen molar-refractivity contribution in [2.75, 3.05) is 0 Å². The van der Waals surface area contributed by atoms with Gasteiger partial charge in [0.15, 0.2) is 0 Å². The smallest absolute Gasteiger partial charge is 0.870 e. The maximum atomic E-state index is 9.53. The molecule has 1 N–H and O–H groups in total. The van der Waals surface area contributed by atoms with Gasteiger partial charge in [-0.05, 0) is 0 Å². The predicted molar refractivity (Wildman–Crippen MR) is 34.3 cm³/mol. The zero-order valence-electron chi connectivity index (χ0n) is 5.42. The minimum absolute atomic E-state index is 0. The van der Waals surface area contributed by atoms with Gasteiger partial charge in [0, 0.05) is 0 Å². The Hall–Kier alpha value is 3.60. The average Bonchev–Trinajstić information content (AvgIpc) is 0.811. The van der Waals surface area contributed by atoms with Gasteiger partial charge >= 0.3 is 115 Å². The Kier molecular flexibility index (Phi) is 83.9. The van der Waals surface area contributed by atoms with Crippen molar-refractivity contribution in [2.45, 2.75) is 20.0 Å². The van der Waals surface area contributed by atoms with Crippen LogP contribution in [-0.4, -0.2) is 127 Å². The third-order valence-electron chi connectivity index (χ3n) is 0. The molecule has 0 saturated carbocycles. The summed E-state index contributed by atoms with van der Waals surface area (Å²) in [6.45, 7) is 3.22. The topological polar surface area (TPSA) is 53.1 Å². The molecule has 0 rings (SSSR count). The Balaban J connectivity index is -0.00000000750. The molecule has 0 aliphatic rings. The molecule has 0 unspecified atom stereocenters. The van der Waals surface area contributed by atoms with Crippen molar-refractivity contribution in [3.8, 4) is 0 Å². The molecular weight excluding hydrogens is 370 g/mol. The van der Waals surface area contributed by atoms with E-state index in [1.807, 2.05) is 0 Å². The van der Waals surface area contributed by atoms with Gasteiger partial charge in [-0.15, -0.1) is 6.10 Å². The molecule has 0 aliphatic heterocycles. The summed E-state index contributed by atoms with van der Waals surface area (Å²) in [5.74, 6) is 0. The minimum atomic E-state index is -0.417. The van der Waals surface area contributed by atoms with E-state index < -0.39 is 6.10 Å². The van der Waals surface area contributed by atoms with Gasteiger partial charge in [-0.1, -0.05) is 13.8 Å². The van der Waals surface area contributed by atoms with E-state index in [9.17, 15) is 5.11 Å². The minimum Gasteiger partial charge on any atom is -0.870 e. The Bertz CT molecular complexity index is 20.0. The molecule has 8 heavy (non-hydrogen) atoms. The van der Waals surface area contributed by atoms with E-state index in [0.29, 0.717) is 0 Å². The maximum Gasteiger partial charge on any atom is 3.00 e. The Morgan fingerprint density at radius 2 is 1.12 bits per heavy atom. The van der Waals surface area contributed by atoms with Gasteiger partial charge in [-0.2, -0.15) is 0 Å². The zero-order chi connectivity index (χ0) is 3.58. The van der Waals surface area contributed by atoms with Gasteiger partial charge < -0.3 is 10.6 Å². The normalized spacial score (nSPS) is 4.50. The van der Waals surface area contributed by atoms with E-state index in [4.69, 9.17) is 0 Å². The Morgan fingerprint density at radius 1 is 1.12 bits per heavy atom. The second kappa shape index (κ2) is 22.4. The maximum absolute atomic E-state index is 9.53. The Labute approximate surface area is 142 Å². The van der Waals surface area contributed by atoms with E-state index in [1.165, 1.54) is 0 Å². The number of hydrogen-bond acceptors (Lipinski definition) is 2. The first-order valence-corrected chi connectivity index (χ1v) is 1.39. The fourth-order valence-corrected chi connectivity index (χ4v) is 0. The molecular formula is C3H8AlBa2O2+5. The van der Waals surface area contributed by atoms with Gasteiger partial charge in [0.25, 0.3) is 0 Å². The number of rotatable bonds is 0. The summed E-state index contributed by atoms with van der Waals surface area (Å²) >= 11 is 0. The zero-order valence-corrected chi connectivity index (χ0v) is 15.5. The number of hydrogen-bond donors (Lipinski definition) is 0. The summed E-state index contributed by atoms with van der Waals surface area (Å²) < 4.78 is 0. The summed E-state index contributed by atoms with van der Waals surface area (Å²) in [7, 11) is 0. The van der Waals surface area contributed by atoms with E-state index in [2.05, 4.69) is 0 Å². The van der Waals surface area contributed by atoms with Crippen LogP contribution in [0, 0.1) is 0 Å². The molecule has 2 nitrogen and oxygen atoms in total. The van der Waals surface area contributed by atoms with Crippen molar-refractivity contribution < 1.29 is 10.6 Å². The molecule has 0 bridgehead atoms. The second-order valence-electron chi connectivity index (χ2n) is 1.05. The fraction of sp³-hybridized carbons (Fsp3) is 1.00. The van der Waals surface area contributed by atoms with Gasteiger partial charge in [0.05, 0.1) is 0 Å². The second-order valence-corrected chi connectivity index (χ2v) is 1.05. The van der Waals surface area contributed by atoms with Gasteiger partial charge in [-0.3, -0.25) is 0 Å². The van der Waals surface area contributed by atoms with Crippen molar-refractivity contribution in [1.29, 1.82) is 0 Å². The summed E-state index contributed by atoms with van der Waals surface area (Å²) in [6.07, 6.45) is -0.417. The van der Waals surface area contributed by atoms with Crippen LogP contribution in [0.5, 0.6) is 0 Å². The average molecular weight is 378 g/mol. The third-order valence-corrected chi connectivity index (χ3v) is 0. The molecule has 0 amide bonds. The standard InChI is InChI=1S/C3H7O.Al.2Ba.H2O/c1-3(2)4;;;;/h3H,1-2H3;;;;1H2/q-1;+3;2*+2;/p-1. The van der Waals surface area contributed by atoms with Crippen molar-refractivity contribution >= 4 is 115 Å². The quantitative estimate of drug-likeness (QED) is 0.479. The van der Waals surface area contributed by atoms with Crippen LogP contribution in [0.3, 0.4) is 0 Å². The molecule has 0 spiro atoms. The van der Waals surface area contributed by atoms with E-state index in [1.54, 1.807) is 13.8 Å². The predicted octanol–water partition coefficient (Wildman–Crippen LogP) is -1.56. The van der Waals surface area contributed by atoms with Crippen LogP contribution in [0.4, 0.5) is 0 Å². The van der Waals surface area contributed by atoms with Crippen molar-refractivity contribution in [3.63, 3.8) is 0 Å². The van der Waals surface area contributed by atoms with E-state index >= 15 is 0 Å². The summed E-state index contributed by atoms with van der Waals surface area (Å²) in [5.41, 5.74) is 0. The molecule has 0 aromatic heterocycles. The molecule has 0 radical (unpaired) electrons. The fourth-order valence-electron chi connectivity index (χ4n) is 0. The molecule has 0 atom stereocenters. The summed E-state index contributed by atoms with van der Waals surface area (Å²) in [4.78, 5) is 0. The monoisotopic (exact) mass is 379 g/mol. The molecule has 0 heterocycles. The van der Waals surface area contributed by atoms with Crippen LogP contribution in [0.1, 0.15) is 13.8 Å². The van der Waals surface area contributed by atoms with Crippen LogP contribution in [0.2, 0.25) is 0 Å². The largest absolute Gasteiger partial charge is 3.00 e. The van der Waals surface area contributed by atoms with Crippen LogP contribution >= 0.6 is 0 Å². The van der Waals surface area contributed by atoms with E-state index in [0.717, 1.165) is 0 Å². The Morgan fingerprint density at radius 3 is 1.12 bits per heavy atom. The van der Waals surface area contributed by atoms with Crippen LogP contribution in [-0.2, 0) is 0 Å². The van der Waals surface area contributed by atoms with Crippen LogP contribution in [0.25, 0.3) is 0 Å². The third kappa shape index (κ3) is 54.8. The first-order chi connectivity index (χ1) is 1.73. The van der Waals surface area contributed by atoms with Crippen molar-refractivity contribution in [3.05, 3.63) is 0 Å². The van der Waals surface area contributed by atoms with Gasteiger partial charge in [-0.25, -0.2) is 0 Å². The molecule has 34 valence electrons. The molecule has 5 heteroatoms. The van der Waals surface area contributed by atoms with Crippen LogP contribution < -0.4 is 5.11 Å². The molecule has 0 aromatic carbocycles. The van der Waals surface area contributed by atoms with Crippen molar-refractivity contribution in [1.82, 2.24) is 0 Å². The SMILES string of the molecule is CC(C)[O-].[Al+3].[Ba+2].[Ba+2].[OH-]. The summed E-state index contributed by atoms with van der Waals surface area (Å²) in [5, 5.41) is 9.53. The van der Waals surface area contributed by atoms with E-state index in [-0.39, 0.29) is 121 Å². The first-order valence-electron chi connectivity index (χ1n) is 1.39. The van der Waals surface area contributed by atoms with Gasteiger partial charge in [0.2, 0.25) is 0 Å². The first kappa shape index (κ1) is 29.9. The summed E-state index contributed by atoms with van der Waals surface area (Å²) in [6, 6.07) is 0. The van der Waals surface area contributed by atoms with Crippen molar-refractivity contribution in [2.24, 2.45) is 0 Å². The van der Waals surface area contributed by atoms with Gasteiger partial charge in [0.1, 0.15) is 0 Å². The molecule has 0 aromatic rings.